The number of nitrogens with one attached hydrogen (secondary N) is 1. The number of carboxylic acids is 1. The van der Waals surface area contributed by atoms with E-state index in [0.717, 1.165) is 31.4 Å². The summed E-state index contributed by atoms with van der Waals surface area (Å²) in [6, 6.07) is 1.74. The fourth-order valence-corrected chi connectivity index (χ4v) is 4.71. The number of hydrogen-bond donors (Lipinski definition) is 2. The van der Waals surface area contributed by atoms with E-state index in [1.165, 1.54) is 22.2 Å². The topological polar surface area (TPSA) is 74.0 Å². The van der Waals surface area contributed by atoms with Crippen LogP contribution in [0.3, 0.4) is 0 Å². The molecule has 3 aliphatic rings. The number of nitrogens with zero attached hydrogens (tertiary/aromatic N) is 2. The molecule has 8 heteroatoms. The van der Waals surface area contributed by atoms with Crippen molar-refractivity contribution in [1.29, 1.82) is 0 Å². The van der Waals surface area contributed by atoms with Crippen molar-refractivity contribution in [3.63, 3.8) is 0 Å². The average molecular weight is 420 g/mol. The van der Waals surface area contributed by atoms with E-state index in [1.807, 2.05) is 11.8 Å². The largest absolute Gasteiger partial charge is 0.477 e. The lowest BCUT2D eigenvalue weighted by Crippen LogP contribution is -2.36. The van der Waals surface area contributed by atoms with E-state index in [2.05, 4.69) is 11.4 Å². The van der Waals surface area contributed by atoms with Gasteiger partial charge in [0.1, 0.15) is 5.56 Å². The van der Waals surface area contributed by atoms with Crippen molar-refractivity contribution < 1.29 is 14.3 Å². The van der Waals surface area contributed by atoms with Gasteiger partial charge in [-0.15, -0.1) is 12.4 Å². The predicted octanol–water partition coefficient (Wildman–Crippen LogP) is 2.85. The molecule has 0 aromatic carbocycles. The van der Waals surface area contributed by atoms with E-state index >= 15 is 4.39 Å². The summed E-state index contributed by atoms with van der Waals surface area (Å²) in [4.78, 5) is 26.2. The van der Waals surface area contributed by atoms with Gasteiger partial charge < -0.3 is 15.3 Å². The summed E-state index contributed by atoms with van der Waals surface area (Å²) < 4.78 is 16.4. The smallest absolute Gasteiger partial charge is 0.341 e. The van der Waals surface area contributed by atoms with Crippen LogP contribution in [0, 0.1) is 12.7 Å². The lowest BCUT2D eigenvalue weighted by molar-refractivity contribution is 0.0694. The van der Waals surface area contributed by atoms with Gasteiger partial charge in [0.15, 0.2) is 5.82 Å². The minimum atomic E-state index is -1.27. The number of aryl methyl sites for hydroxylation is 1. The molecule has 6 nitrogen and oxygen atoms in total. The molecule has 0 amide bonds. The van der Waals surface area contributed by atoms with E-state index in [4.69, 9.17) is 0 Å². The number of aromatic carboxylic acids is 1. The van der Waals surface area contributed by atoms with Crippen molar-refractivity contribution in [3.8, 4) is 0 Å². The highest BCUT2D eigenvalue weighted by Crippen LogP contribution is 2.44. The highest BCUT2D eigenvalue weighted by Gasteiger charge is 2.34. The number of rotatable bonds is 3. The van der Waals surface area contributed by atoms with Gasteiger partial charge in [-0.2, -0.15) is 0 Å². The molecule has 1 atom stereocenters. The van der Waals surface area contributed by atoms with E-state index in [1.54, 1.807) is 0 Å². The summed E-state index contributed by atoms with van der Waals surface area (Å²) in [6.07, 6.45) is 6.30. The van der Waals surface area contributed by atoms with Crippen LogP contribution < -0.4 is 15.8 Å². The number of fused-ring (bicyclic) bond motifs is 2. The molecule has 2 fully saturated rings. The van der Waals surface area contributed by atoms with Gasteiger partial charge in [0.25, 0.3) is 5.56 Å². The average Bonchev–Trinajstić information content (AvgIpc) is 3.41. The normalized spacial score (nSPS) is 21.0. The molecule has 2 aromatic rings. The first-order valence-corrected chi connectivity index (χ1v) is 9.74. The standard InChI is InChI=1S/C21H22FN3O3.ClH/c1-11-18-14(12-4-5-12)7-15(21(27)28)20(26)25(18)9-16(22)19(11)24-8-13-3-2-6-23-17(13)10-24;/h3,7,9,12,17,23H,2,4-6,8,10H2,1H3,(H,27,28);1H. The van der Waals surface area contributed by atoms with Gasteiger partial charge in [-0.1, -0.05) is 6.08 Å². The van der Waals surface area contributed by atoms with Crippen molar-refractivity contribution in [2.75, 3.05) is 24.5 Å². The number of carbonyl (C=O) groups is 1. The Hall–Kier alpha value is -2.38. The molecular weight excluding hydrogens is 397 g/mol. The third-order valence-corrected chi connectivity index (χ3v) is 6.17. The molecule has 2 aliphatic heterocycles. The fraction of sp³-hybridized carbons (Fsp3) is 0.429. The Morgan fingerprint density at radius 3 is 2.76 bits per heavy atom. The molecule has 0 spiro atoms. The van der Waals surface area contributed by atoms with Crippen molar-refractivity contribution in [1.82, 2.24) is 9.72 Å². The Bertz CT molecular complexity index is 1110. The summed E-state index contributed by atoms with van der Waals surface area (Å²) in [5, 5.41) is 12.9. The SMILES string of the molecule is Cc1c(N2CC3=CCCNC3C2)c(F)cn2c(=O)c(C(=O)O)cc(C3CC3)c12.Cl. The van der Waals surface area contributed by atoms with Crippen LogP contribution in [0.4, 0.5) is 10.1 Å². The van der Waals surface area contributed by atoms with Crippen LogP contribution in [0.2, 0.25) is 0 Å². The molecule has 29 heavy (non-hydrogen) atoms. The summed E-state index contributed by atoms with van der Waals surface area (Å²) in [5.41, 5.74) is 3.02. The Labute approximate surface area is 173 Å². The Morgan fingerprint density at radius 2 is 2.10 bits per heavy atom. The lowest BCUT2D eigenvalue weighted by atomic mass is 10.0. The highest BCUT2D eigenvalue weighted by molar-refractivity contribution is 5.89. The van der Waals surface area contributed by atoms with Gasteiger partial charge in [-0.3, -0.25) is 9.20 Å². The predicted molar refractivity (Wildman–Crippen MR) is 111 cm³/mol. The van der Waals surface area contributed by atoms with Gasteiger partial charge in [0.2, 0.25) is 0 Å². The van der Waals surface area contributed by atoms with Crippen LogP contribution in [0.5, 0.6) is 0 Å². The van der Waals surface area contributed by atoms with Crippen molar-refractivity contribution in [2.24, 2.45) is 0 Å². The molecule has 2 aromatic heterocycles. The first-order chi connectivity index (χ1) is 13.5. The molecular formula is C21H23ClFN3O3. The lowest BCUT2D eigenvalue weighted by Gasteiger charge is -2.24. The summed E-state index contributed by atoms with van der Waals surface area (Å²) in [6.45, 7) is 4.13. The van der Waals surface area contributed by atoms with Gasteiger partial charge in [0.05, 0.1) is 17.4 Å². The number of pyridine rings is 2. The van der Waals surface area contributed by atoms with E-state index in [-0.39, 0.29) is 29.9 Å². The minimum Gasteiger partial charge on any atom is -0.477 e. The molecule has 1 aliphatic carbocycles. The summed E-state index contributed by atoms with van der Waals surface area (Å²) in [5.74, 6) is -1.53. The van der Waals surface area contributed by atoms with Crippen LogP contribution in [-0.4, -0.2) is 41.2 Å². The van der Waals surface area contributed by atoms with Gasteiger partial charge in [-0.05, 0) is 61.4 Å². The molecule has 4 heterocycles. The number of aromatic nitrogens is 1. The second-order valence-electron chi connectivity index (χ2n) is 8.02. The second kappa shape index (κ2) is 7.15. The number of hydrogen-bond acceptors (Lipinski definition) is 4. The molecule has 1 unspecified atom stereocenters. The summed E-state index contributed by atoms with van der Waals surface area (Å²) in [7, 11) is 0. The maximum absolute atomic E-state index is 15.2. The zero-order chi connectivity index (χ0) is 19.6. The molecule has 5 rings (SSSR count). The quantitative estimate of drug-likeness (QED) is 0.748. The van der Waals surface area contributed by atoms with Crippen LogP contribution in [0.1, 0.15) is 46.7 Å². The minimum absolute atomic E-state index is 0. The van der Waals surface area contributed by atoms with E-state index < -0.39 is 17.3 Å². The van der Waals surface area contributed by atoms with Gasteiger partial charge >= 0.3 is 5.97 Å². The number of carboxylic acid groups (broad SMARTS) is 1. The maximum atomic E-state index is 15.2. The molecule has 1 saturated carbocycles. The third-order valence-electron chi connectivity index (χ3n) is 6.17. The molecule has 1 saturated heterocycles. The zero-order valence-electron chi connectivity index (χ0n) is 16.1. The number of anilines is 1. The van der Waals surface area contributed by atoms with Crippen LogP contribution in [0.15, 0.2) is 28.7 Å². The molecule has 0 radical (unpaired) electrons. The molecule has 2 N–H and O–H groups in total. The van der Waals surface area contributed by atoms with Gasteiger partial charge in [0, 0.05) is 19.1 Å². The van der Waals surface area contributed by atoms with E-state index in [0.29, 0.717) is 29.9 Å². The van der Waals surface area contributed by atoms with Crippen molar-refractivity contribution >= 4 is 29.6 Å². The van der Waals surface area contributed by atoms with Crippen LogP contribution in [0.25, 0.3) is 5.52 Å². The second-order valence-corrected chi connectivity index (χ2v) is 8.02. The van der Waals surface area contributed by atoms with Crippen molar-refractivity contribution in [2.45, 2.75) is 38.1 Å². The van der Waals surface area contributed by atoms with Gasteiger partial charge in [-0.25, -0.2) is 9.18 Å². The monoisotopic (exact) mass is 419 g/mol. The maximum Gasteiger partial charge on any atom is 0.341 e. The van der Waals surface area contributed by atoms with Crippen LogP contribution in [-0.2, 0) is 0 Å². The van der Waals surface area contributed by atoms with E-state index in [9.17, 15) is 14.7 Å². The first kappa shape index (κ1) is 19.9. The molecule has 154 valence electrons. The van der Waals surface area contributed by atoms with Crippen molar-refractivity contribution in [3.05, 3.63) is 56.8 Å². The molecule has 0 bridgehead atoms. The fourth-order valence-electron chi connectivity index (χ4n) is 4.71. The third kappa shape index (κ3) is 3.13. The Morgan fingerprint density at radius 1 is 1.34 bits per heavy atom. The Kier molecular flexibility index (Phi) is 4.91. The number of halogens is 2. The van der Waals surface area contributed by atoms with Crippen LogP contribution >= 0.6 is 12.4 Å². The summed E-state index contributed by atoms with van der Waals surface area (Å²) >= 11 is 0. The first-order valence-electron chi connectivity index (χ1n) is 9.74. The zero-order valence-corrected chi connectivity index (χ0v) is 16.9. The Balaban J connectivity index is 0.00000205. The highest BCUT2D eigenvalue weighted by atomic mass is 35.5.